The number of aliphatic hydroxyl groups is 2. The molecule has 0 aromatic rings. The fraction of sp³-hybridized carbons (Fsp3) is 0.973. The minimum atomic E-state index is -0.663. The van der Waals surface area contributed by atoms with Gasteiger partial charge < -0.3 is 20.3 Å². The Labute approximate surface area is 502 Å². The standard InChI is InChI=1S/C74H147NO5/c1-3-5-7-9-11-13-15-17-19-20-21-22-29-32-35-39-42-46-50-54-58-62-66-72(77)71(70-76)75-73(78)67-63-59-55-51-47-43-40-36-33-30-27-25-23-24-26-28-31-34-37-41-45-49-53-57-61-65-69-80-74(79)68-64-60-56-52-48-44-38-18-16-14-12-10-8-6-4-2/h71-72,76-77H,3-70H2,1-2H3,(H,75,78). The second-order valence-electron chi connectivity index (χ2n) is 26.0. The molecule has 478 valence electrons. The van der Waals surface area contributed by atoms with E-state index in [-0.39, 0.29) is 18.5 Å². The molecule has 0 fully saturated rings. The van der Waals surface area contributed by atoms with Crippen LogP contribution in [0.25, 0.3) is 0 Å². The van der Waals surface area contributed by atoms with Gasteiger partial charge >= 0.3 is 5.97 Å². The van der Waals surface area contributed by atoms with Crippen molar-refractivity contribution in [3.05, 3.63) is 0 Å². The van der Waals surface area contributed by atoms with E-state index in [1.807, 2.05) is 0 Å². The first kappa shape index (κ1) is 78.9. The number of nitrogens with one attached hydrogen (secondary N) is 1. The summed E-state index contributed by atoms with van der Waals surface area (Å²) in [5.74, 6) is -0.00497. The third kappa shape index (κ3) is 66.0. The molecule has 0 aliphatic heterocycles. The molecular weight excluding hydrogens is 983 g/mol. The lowest BCUT2D eigenvalue weighted by Gasteiger charge is -2.22. The molecule has 0 saturated carbocycles. The lowest BCUT2D eigenvalue weighted by atomic mass is 10.0. The van der Waals surface area contributed by atoms with Crippen molar-refractivity contribution in [2.45, 2.75) is 450 Å². The van der Waals surface area contributed by atoms with Gasteiger partial charge in [-0.15, -0.1) is 0 Å². The van der Waals surface area contributed by atoms with Gasteiger partial charge in [0.2, 0.25) is 5.91 Å². The summed E-state index contributed by atoms with van der Waals surface area (Å²) < 4.78 is 5.50. The van der Waals surface area contributed by atoms with Crippen molar-refractivity contribution < 1.29 is 24.5 Å². The summed E-state index contributed by atoms with van der Waals surface area (Å²) in [6.07, 6.45) is 85.9. The van der Waals surface area contributed by atoms with Crippen molar-refractivity contribution in [1.29, 1.82) is 0 Å². The summed E-state index contributed by atoms with van der Waals surface area (Å²) in [5, 5.41) is 23.4. The van der Waals surface area contributed by atoms with E-state index >= 15 is 0 Å². The van der Waals surface area contributed by atoms with Crippen LogP contribution >= 0.6 is 0 Å². The summed E-state index contributed by atoms with van der Waals surface area (Å²) >= 11 is 0. The summed E-state index contributed by atoms with van der Waals surface area (Å²) in [6.45, 7) is 5.01. The molecule has 80 heavy (non-hydrogen) atoms. The summed E-state index contributed by atoms with van der Waals surface area (Å²) in [6, 6.07) is -0.540. The molecule has 0 aliphatic carbocycles. The lowest BCUT2D eigenvalue weighted by molar-refractivity contribution is -0.143. The third-order valence-electron chi connectivity index (χ3n) is 17.9. The van der Waals surface area contributed by atoms with Gasteiger partial charge in [-0.05, 0) is 25.7 Å². The highest BCUT2D eigenvalue weighted by Crippen LogP contribution is 2.20. The molecule has 1 amide bonds. The molecule has 2 atom stereocenters. The van der Waals surface area contributed by atoms with Crippen molar-refractivity contribution in [1.82, 2.24) is 5.32 Å². The molecule has 0 radical (unpaired) electrons. The van der Waals surface area contributed by atoms with Crippen molar-refractivity contribution in [3.8, 4) is 0 Å². The third-order valence-corrected chi connectivity index (χ3v) is 17.9. The van der Waals surface area contributed by atoms with E-state index in [1.54, 1.807) is 0 Å². The monoisotopic (exact) mass is 1130 g/mol. The fourth-order valence-electron chi connectivity index (χ4n) is 12.2. The SMILES string of the molecule is CCCCCCCCCCCCCCCCCCCCCCCCC(O)C(CO)NC(=O)CCCCCCCCCCCCCCCCCCCCCCCCCCCCOC(=O)CCCCCCCCCCCCCCCCC. The zero-order valence-electron chi connectivity index (χ0n) is 54.9. The highest BCUT2D eigenvalue weighted by atomic mass is 16.5. The normalized spacial score (nSPS) is 12.4. The molecule has 0 rings (SSSR count). The van der Waals surface area contributed by atoms with Gasteiger partial charge in [-0.1, -0.05) is 399 Å². The van der Waals surface area contributed by atoms with Gasteiger partial charge in [0.1, 0.15) is 0 Å². The molecule has 0 spiro atoms. The number of ether oxygens (including phenoxy) is 1. The van der Waals surface area contributed by atoms with E-state index in [1.165, 1.54) is 366 Å². The van der Waals surface area contributed by atoms with Crippen LogP contribution in [0.1, 0.15) is 438 Å². The number of carbonyl (C=O) groups is 2. The van der Waals surface area contributed by atoms with Gasteiger partial charge in [0.15, 0.2) is 0 Å². The van der Waals surface area contributed by atoms with Gasteiger partial charge in [-0.2, -0.15) is 0 Å². The zero-order chi connectivity index (χ0) is 57.8. The van der Waals surface area contributed by atoms with Crippen LogP contribution in [-0.2, 0) is 14.3 Å². The van der Waals surface area contributed by atoms with Crippen LogP contribution in [0.2, 0.25) is 0 Å². The molecule has 6 heteroatoms. The second-order valence-corrected chi connectivity index (χ2v) is 26.0. The molecule has 0 aromatic heterocycles. The lowest BCUT2D eigenvalue weighted by Crippen LogP contribution is -2.45. The predicted molar refractivity (Wildman–Crippen MR) is 352 cm³/mol. The summed E-state index contributed by atoms with van der Waals surface area (Å²) in [7, 11) is 0. The van der Waals surface area contributed by atoms with E-state index in [9.17, 15) is 19.8 Å². The molecule has 6 nitrogen and oxygen atoms in total. The molecule has 0 aromatic carbocycles. The Bertz CT molecular complexity index is 1160. The van der Waals surface area contributed by atoms with Gasteiger partial charge in [0.25, 0.3) is 0 Å². The topological polar surface area (TPSA) is 95.9 Å². The highest BCUT2D eigenvalue weighted by Gasteiger charge is 2.20. The van der Waals surface area contributed by atoms with Crippen molar-refractivity contribution in [3.63, 3.8) is 0 Å². The minimum Gasteiger partial charge on any atom is -0.466 e. The van der Waals surface area contributed by atoms with Gasteiger partial charge in [0.05, 0.1) is 25.4 Å². The van der Waals surface area contributed by atoms with Crippen molar-refractivity contribution in [2.24, 2.45) is 0 Å². The highest BCUT2D eigenvalue weighted by molar-refractivity contribution is 5.76. The number of esters is 1. The summed E-state index contributed by atoms with van der Waals surface area (Å²) in [4.78, 5) is 24.6. The molecule has 3 N–H and O–H groups in total. The van der Waals surface area contributed by atoms with Crippen LogP contribution in [0.3, 0.4) is 0 Å². The molecule has 0 aliphatic rings. The molecule has 0 heterocycles. The zero-order valence-corrected chi connectivity index (χ0v) is 54.9. The number of amides is 1. The number of unbranched alkanes of at least 4 members (excludes halogenated alkanes) is 60. The summed E-state index contributed by atoms with van der Waals surface area (Å²) in [5.41, 5.74) is 0. The van der Waals surface area contributed by atoms with Crippen LogP contribution in [0.15, 0.2) is 0 Å². The Morgan fingerprint density at radius 3 is 0.762 bits per heavy atom. The fourth-order valence-corrected chi connectivity index (χ4v) is 12.2. The number of hydrogen-bond acceptors (Lipinski definition) is 5. The average Bonchev–Trinajstić information content (AvgIpc) is 3.46. The maximum atomic E-state index is 12.6. The maximum Gasteiger partial charge on any atom is 0.305 e. The maximum absolute atomic E-state index is 12.6. The van der Waals surface area contributed by atoms with Crippen LogP contribution in [-0.4, -0.2) is 47.4 Å². The quantitative estimate of drug-likeness (QED) is 0.0417. The van der Waals surface area contributed by atoms with Crippen LogP contribution in [0.5, 0.6) is 0 Å². The smallest absolute Gasteiger partial charge is 0.305 e. The number of aliphatic hydroxyl groups excluding tert-OH is 2. The van der Waals surface area contributed by atoms with E-state index in [0.29, 0.717) is 25.9 Å². The Hall–Kier alpha value is -1.14. The Morgan fingerprint density at radius 2 is 0.512 bits per heavy atom. The first-order valence-corrected chi connectivity index (χ1v) is 37.3. The van der Waals surface area contributed by atoms with E-state index in [4.69, 9.17) is 4.74 Å². The van der Waals surface area contributed by atoms with Crippen LogP contribution in [0, 0.1) is 0 Å². The van der Waals surface area contributed by atoms with Gasteiger partial charge in [-0.3, -0.25) is 9.59 Å². The largest absolute Gasteiger partial charge is 0.466 e. The first-order chi connectivity index (χ1) is 39.5. The first-order valence-electron chi connectivity index (χ1n) is 37.3. The average molecular weight is 1130 g/mol. The van der Waals surface area contributed by atoms with Gasteiger partial charge in [-0.25, -0.2) is 0 Å². The van der Waals surface area contributed by atoms with Crippen molar-refractivity contribution in [2.75, 3.05) is 13.2 Å². The number of hydrogen-bond donors (Lipinski definition) is 3. The second kappa shape index (κ2) is 70.3. The molecule has 2 unspecified atom stereocenters. The molecule has 0 bridgehead atoms. The number of carbonyl (C=O) groups excluding carboxylic acids is 2. The van der Waals surface area contributed by atoms with E-state index in [2.05, 4.69) is 19.2 Å². The van der Waals surface area contributed by atoms with E-state index in [0.717, 1.165) is 38.5 Å². The predicted octanol–water partition coefficient (Wildman–Crippen LogP) is 24.2. The molecule has 0 saturated heterocycles. The molecular formula is C74H147NO5. The number of rotatable bonds is 71. The Kier molecular flexibility index (Phi) is 69.3. The van der Waals surface area contributed by atoms with Crippen LogP contribution < -0.4 is 5.32 Å². The van der Waals surface area contributed by atoms with Crippen LogP contribution in [0.4, 0.5) is 0 Å². The van der Waals surface area contributed by atoms with E-state index < -0.39 is 12.1 Å². The minimum absolute atomic E-state index is 0.0218. The van der Waals surface area contributed by atoms with Gasteiger partial charge in [0, 0.05) is 12.8 Å². The van der Waals surface area contributed by atoms with Crippen molar-refractivity contribution >= 4 is 11.9 Å². The Morgan fingerprint density at radius 1 is 0.300 bits per heavy atom. The Balaban J connectivity index is 3.34.